The van der Waals surface area contributed by atoms with Gasteiger partial charge in [0.2, 0.25) is 0 Å². The van der Waals surface area contributed by atoms with Crippen molar-refractivity contribution in [2.75, 3.05) is 5.32 Å². The predicted octanol–water partition coefficient (Wildman–Crippen LogP) is 2.66. The number of anilines is 1. The molecular formula is C12H10F5N7. The maximum Gasteiger partial charge on any atom is 0.453 e. The highest BCUT2D eigenvalue weighted by atomic mass is 19.4. The summed E-state index contributed by atoms with van der Waals surface area (Å²) in [4.78, 5) is 11.0. The summed E-state index contributed by atoms with van der Waals surface area (Å²) in [6, 6.07) is 1.43. The van der Waals surface area contributed by atoms with Gasteiger partial charge in [0.25, 0.3) is 11.6 Å². The summed E-state index contributed by atoms with van der Waals surface area (Å²) in [5.74, 6) is -1.44. The van der Waals surface area contributed by atoms with Gasteiger partial charge >= 0.3 is 12.7 Å². The Morgan fingerprint density at radius 3 is 2.67 bits per heavy atom. The molecule has 12 heteroatoms. The molecule has 7 nitrogen and oxygen atoms in total. The molecule has 0 saturated heterocycles. The molecule has 24 heavy (non-hydrogen) atoms. The van der Waals surface area contributed by atoms with Gasteiger partial charge in [0.05, 0.1) is 6.54 Å². The van der Waals surface area contributed by atoms with Crippen LogP contribution in [0.1, 0.15) is 23.9 Å². The number of hydrogen-bond acceptors (Lipinski definition) is 5. The van der Waals surface area contributed by atoms with E-state index in [2.05, 4.69) is 25.4 Å². The third-order valence-electron chi connectivity index (χ3n) is 3.08. The SMILES string of the molecule is Cc1cc(NCc2nccn2C(F)F)n2nc(C(F)(F)F)nc2n1. The lowest BCUT2D eigenvalue weighted by Gasteiger charge is -2.10. The Hall–Kier alpha value is -2.79. The first kappa shape index (κ1) is 16.1. The molecule has 3 aromatic rings. The number of rotatable bonds is 4. The number of hydrogen-bond donors (Lipinski definition) is 1. The van der Waals surface area contributed by atoms with Crippen LogP contribution in [0.4, 0.5) is 27.8 Å². The third kappa shape index (κ3) is 2.98. The summed E-state index contributed by atoms with van der Waals surface area (Å²) in [5, 5.41) is 6.09. The van der Waals surface area contributed by atoms with Crippen LogP contribution in [0.15, 0.2) is 18.5 Å². The third-order valence-corrected chi connectivity index (χ3v) is 3.08. The number of nitrogens with one attached hydrogen (secondary N) is 1. The predicted molar refractivity (Wildman–Crippen MR) is 71.3 cm³/mol. The largest absolute Gasteiger partial charge is 0.453 e. The van der Waals surface area contributed by atoms with Crippen LogP contribution in [0, 0.1) is 6.92 Å². The van der Waals surface area contributed by atoms with Crippen LogP contribution in [0.25, 0.3) is 5.78 Å². The molecule has 0 spiro atoms. The van der Waals surface area contributed by atoms with Gasteiger partial charge in [-0.25, -0.2) is 9.97 Å². The van der Waals surface area contributed by atoms with Crippen LogP contribution in [0.5, 0.6) is 0 Å². The number of nitrogens with zero attached hydrogens (tertiary/aromatic N) is 6. The summed E-state index contributed by atoms with van der Waals surface area (Å²) in [7, 11) is 0. The highest BCUT2D eigenvalue weighted by Gasteiger charge is 2.36. The molecule has 0 aliphatic heterocycles. The normalized spacial score (nSPS) is 12.3. The van der Waals surface area contributed by atoms with E-state index >= 15 is 0 Å². The minimum atomic E-state index is -4.72. The number of fused-ring (bicyclic) bond motifs is 1. The first-order chi connectivity index (χ1) is 11.3. The van der Waals surface area contributed by atoms with Crippen LogP contribution < -0.4 is 5.32 Å². The molecule has 1 N–H and O–H groups in total. The molecule has 0 amide bonds. The van der Waals surface area contributed by atoms with E-state index in [0.29, 0.717) is 10.3 Å². The molecule has 128 valence electrons. The van der Waals surface area contributed by atoms with Gasteiger partial charge in [0.15, 0.2) is 0 Å². The van der Waals surface area contributed by atoms with Crippen LogP contribution in [-0.2, 0) is 12.7 Å². The lowest BCUT2D eigenvalue weighted by Crippen LogP contribution is -2.12. The molecule has 0 aliphatic carbocycles. The van der Waals surface area contributed by atoms with Crippen molar-refractivity contribution in [3.63, 3.8) is 0 Å². The van der Waals surface area contributed by atoms with Crippen molar-refractivity contribution in [2.24, 2.45) is 0 Å². The molecular weight excluding hydrogens is 337 g/mol. The number of aryl methyl sites for hydroxylation is 1. The quantitative estimate of drug-likeness (QED) is 0.735. The number of imidazole rings is 1. The van der Waals surface area contributed by atoms with Crippen molar-refractivity contribution >= 4 is 11.6 Å². The van der Waals surface area contributed by atoms with Gasteiger partial charge in [-0.15, -0.1) is 5.10 Å². The summed E-state index contributed by atoms with van der Waals surface area (Å²) in [5.41, 5.74) is 0.392. The number of aromatic nitrogens is 6. The fourth-order valence-corrected chi connectivity index (χ4v) is 2.06. The Balaban J connectivity index is 1.94. The Morgan fingerprint density at radius 2 is 2.00 bits per heavy atom. The lowest BCUT2D eigenvalue weighted by atomic mass is 10.4. The zero-order valence-corrected chi connectivity index (χ0v) is 12.1. The second-order valence-corrected chi connectivity index (χ2v) is 4.81. The van der Waals surface area contributed by atoms with Gasteiger partial charge in [-0.2, -0.15) is 31.5 Å². The Morgan fingerprint density at radius 1 is 1.25 bits per heavy atom. The van der Waals surface area contributed by atoms with E-state index in [4.69, 9.17) is 0 Å². The van der Waals surface area contributed by atoms with E-state index in [1.54, 1.807) is 6.92 Å². The van der Waals surface area contributed by atoms with Gasteiger partial charge in [-0.3, -0.25) is 4.57 Å². The van der Waals surface area contributed by atoms with Crippen molar-refractivity contribution in [1.29, 1.82) is 0 Å². The summed E-state index contributed by atoms with van der Waals surface area (Å²) >= 11 is 0. The van der Waals surface area contributed by atoms with E-state index < -0.39 is 18.6 Å². The molecule has 0 aliphatic rings. The monoisotopic (exact) mass is 347 g/mol. The van der Waals surface area contributed by atoms with Crippen molar-refractivity contribution in [2.45, 2.75) is 26.2 Å². The highest BCUT2D eigenvalue weighted by Crippen LogP contribution is 2.27. The standard InChI is InChI=1S/C12H10F5N7/c1-6-4-7(19-5-8-18-2-3-23(8)10(13)14)24-11(20-6)21-9(22-24)12(15,16)17/h2-4,10,19H,5H2,1H3. The lowest BCUT2D eigenvalue weighted by molar-refractivity contribution is -0.144. The van der Waals surface area contributed by atoms with Gasteiger partial charge in [-0.05, 0) is 6.92 Å². The summed E-state index contributed by atoms with van der Waals surface area (Å²) < 4.78 is 65.2. The van der Waals surface area contributed by atoms with Gasteiger partial charge < -0.3 is 5.32 Å². The van der Waals surface area contributed by atoms with Crippen LogP contribution in [0.3, 0.4) is 0 Å². The molecule has 3 aromatic heterocycles. The number of halogens is 5. The first-order valence-electron chi connectivity index (χ1n) is 6.61. The molecule has 0 radical (unpaired) electrons. The van der Waals surface area contributed by atoms with E-state index in [-0.39, 0.29) is 24.0 Å². The Labute approximate surface area is 131 Å². The fraction of sp³-hybridized carbons (Fsp3) is 0.333. The molecule has 0 unspecified atom stereocenters. The average Bonchev–Trinajstić information content (AvgIpc) is 3.10. The molecule has 3 rings (SSSR count). The molecule has 0 fully saturated rings. The maximum atomic E-state index is 12.8. The summed E-state index contributed by atoms with van der Waals surface area (Å²) in [6.07, 6.45) is -2.41. The van der Waals surface area contributed by atoms with Crippen molar-refractivity contribution in [1.82, 2.24) is 29.1 Å². The molecule has 0 atom stereocenters. The van der Waals surface area contributed by atoms with Gasteiger partial charge in [0, 0.05) is 24.2 Å². The smallest absolute Gasteiger partial charge is 0.363 e. The fourth-order valence-electron chi connectivity index (χ4n) is 2.06. The highest BCUT2D eigenvalue weighted by molar-refractivity contribution is 5.45. The van der Waals surface area contributed by atoms with Crippen molar-refractivity contribution in [3.05, 3.63) is 35.8 Å². The topological polar surface area (TPSA) is 72.9 Å². The zero-order valence-electron chi connectivity index (χ0n) is 12.1. The van der Waals surface area contributed by atoms with Crippen LogP contribution >= 0.6 is 0 Å². The second-order valence-electron chi connectivity index (χ2n) is 4.81. The van der Waals surface area contributed by atoms with E-state index in [9.17, 15) is 22.0 Å². The van der Waals surface area contributed by atoms with Gasteiger partial charge in [-0.1, -0.05) is 0 Å². The Kier molecular flexibility index (Phi) is 3.81. The van der Waals surface area contributed by atoms with Crippen LogP contribution in [-0.4, -0.2) is 29.1 Å². The molecule has 0 aromatic carbocycles. The van der Waals surface area contributed by atoms with Gasteiger partial charge in [0.1, 0.15) is 11.6 Å². The molecule has 0 bridgehead atoms. The van der Waals surface area contributed by atoms with E-state index in [1.165, 1.54) is 12.3 Å². The maximum absolute atomic E-state index is 12.8. The molecule has 0 saturated carbocycles. The average molecular weight is 347 g/mol. The first-order valence-corrected chi connectivity index (χ1v) is 6.61. The zero-order chi connectivity index (χ0) is 17.5. The molecule has 3 heterocycles. The second kappa shape index (κ2) is 5.69. The number of alkyl halides is 5. The van der Waals surface area contributed by atoms with Crippen molar-refractivity contribution in [3.8, 4) is 0 Å². The van der Waals surface area contributed by atoms with Crippen molar-refractivity contribution < 1.29 is 22.0 Å². The minimum absolute atomic E-state index is 0.0174. The Bertz CT molecular complexity index is 866. The summed E-state index contributed by atoms with van der Waals surface area (Å²) in [6.45, 7) is -1.35. The van der Waals surface area contributed by atoms with E-state index in [0.717, 1.165) is 10.7 Å². The van der Waals surface area contributed by atoms with Crippen LogP contribution in [0.2, 0.25) is 0 Å². The minimum Gasteiger partial charge on any atom is -0.363 e. The van der Waals surface area contributed by atoms with E-state index in [1.807, 2.05) is 0 Å².